The maximum absolute atomic E-state index is 13.5. The van der Waals surface area contributed by atoms with Crippen LogP contribution in [-0.2, 0) is 0 Å². The highest BCUT2D eigenvalue weighted by atomic mass is 35.5. The zero-order valence-corrected chi connectivity index (χ0v) is 15.8. The van der Waals surface area contributed by atoms with Crippen molar-refractivity contribution in [3.8, 4) is 11.1 Å². The highest BCUT2D eigenvalue weighted by Gasteiger charge is 2.16. The Morgan fingerprint density at radius 2 is 1.96 bits per heavy atom. The lowest BCUT2D eigenvalue weighted by Crippen LogP contribution is -2.26. The molecule has 0 aliphatic carbocycles. The van der Waals surface area contributed by atoms with E-state index in [0.717, 1.165) is 28.5 Å². The third-order valence-corrected chi connectivity index (χ3v) is 4.83. The van der Waals surface area contributed by atoms with Gasteiger partial charge < -0.3 is 11.1 Å². The number of halogens is 2. The Hall–Kier alpha value is -2.40. The van der Waals surface area contributed by atoms with Gasteiger partial charge in [-0.05, 0) is 41.7 Å². The van der Waals surface area contributed by atoms with E-state index in [1.807, 2.05) is 18.2 Å². The molecule has 6 heteroatoms. The van der Waals surface area contributed by atoms with E-state index in [1.165, 1.54) is 6.07 Å². The highest BCUT2D eigenvalue weighted by Crippen LogP contribution is 2.33. The van der Waals surface area contributed by atoms with Crippen molar-refractivity contribution in [3.63, 3.8) is 0 Å². The topological polar surface area (TPSA) is 63.8 Å². The minimum absolute atomic E-state index is 0.0694. The third kappa shape index (κ3) is 3.58. The van der Waals surface area contributed by atoms with Gasteiger partial charge in [0.2, 0.25) is 5.95 Å². The summed E-state index contributed by atoms with van der Waals surface area (Å²) in [6, 6.07) is 10.6. The summed E-state index contributed by atoms with van der Waals surface area (Å²) in [6.07, 6.45) is 0.965. The number of nitrogens with one attached hydrogen (secondary N) is 1. The van der Waals surface area contributed by atoms with Gasteiger partial charge in [0.25, 0.3) is 0 Å². The van der Waals surface area contributed by atoms with E-state index in [4.69, 9.17) is 17.3 Å². The molecule has 0 saturated heterocycles. The smallest absolute Gasteiger partial charge is 0.225 e. The minimum Gasteiger partial charge on any atom is -0.383 e. The second kappa shape index (κ2) is 7.46. The van der Waals surface area contributed by atoms with Gasteiger partial charge >= 0.3 is 0 Å². The van der Waals surface area contributed by atoms with Gasteiger partial charge in [0.1, 0.15) is 11.6 Å². The number of aromatic nitrogens is 2. The van der Waals surface area contributed by atoms with Crippen molar-refractivity contribution in [2.45, 2.75) is 33.2 Å². The molecule has 0 radical (unpaired) electrons. The molecule has 0 amide bonds. The third-order valence-electron chi connectivity index (χ3n) is 4.54. The van der Waals surface area contributed by atoms with Crippen molar-refractivity contribution in [3.05, 3.63) is 47.2 Å². The monoisotopic (exact) mass is 372 g/mol. The van der Waals surface area contributed by atoms with Crippen LogP contribution in [0.4, 0.5) is 16.2 Å². The molecule has 3 aromatic rings. The molecule has 1 atom stereocenters. The quantitative estimate of drug-likeness (QED) is 0.619. The molecule has 136 valence electrons. The fraction of sp³-hybridized carbons (Fsp3) is 0.300. The molecule has 3 rings (SSSR count). The van der Waals surface area contributed by atoms with E-state index in [1.54, 1.807) is 12.1 Å². The first kappa shape index (κ1) is 18.4. The second-order valence-electron chi connectivity index (χ2n) is 6.66. The van der Waals surface area contributed by atoms with Crippen LogP contribution in [0.5, 0.6) is 0 Å². The molecule has 0 fully saturated rings. The molecule has 3 N–H and O–H groups in total. The van der Waals surface area contributed by atoms with Crippen LogP contribution in [0.15, 0.2) is 36.4 Å². The maximum Gasteiger partial charge on any atom is 0.225 e. The molecule has 0 aliphatic rings. The summed E-state index contributed by atoms with van der Waals surface area (Å²) >= 11 is 5.94. The van der Waals surface area contributed by atoms with Crippen molar-refractivity contribution < 1.29 is 4.39 Å². The van der Waals surface area contributed by atoms with Crippen molar-refractivity contribution in [1.29, 1.82) is 0 Å². The predicted octanol–water partition coefficient (Wildman–Crippen LogP) is 5.52. The van der Waals surface area contributed by atoms with Crippen LogP contribution in [0.3, 0.4) is 0 Å². The number of anilines is 2. The Balaban J connectivity index is 2.09. The zero-order valence-electron chi connectivity index (χ0n) is 15.1. The van der Waals surface area contributed by atoms with Crippen molar-refractivity contribution >= 4 is 34.3 Å². The van der Waals surface area contributed by atoms with E-state index in [0.29, 0.717) is 17.7 Å². The molecule has 1 unspecified atom stereocenters. The van der Waals surface area contributed by atoms with Crippen molar-refractivity contribution in [2.75, 3.05) is 11.1 Å². The zero-order chi connectivity index (χ0) is 18.8. The van der Waals surface area contributed by atoms with Crippen LogP contribution in [0.1, 0.15) is 27.2 Å². The van der Waals surface area contributed by atoms with Crippen LogP contribution in [0, 0.1) is 11.7 Å². The average Bonchev–Trinajstić information content (AvgIpc) is 2.61. The lowest BCUT2D eigenvalue weighted by atomic mass is 10.0. The Morgan fingerprint density at radius 1 is 1.19 bits per heavy atom. The summed E-state index contributed by atoms with van der Waals surface area (Å²) in [5.74, 6) is 0.899. The van der Waals surface area contributed by atoms with E-state index < -0.39 is 5.82 Å². The Bertz CT molecular complexity index is 942. The van der Waals surface area contributed by atoms with E-state index in [2.05, 4.69) is 36.1 Å². The molecule has 1 heterocycles. The second-order valence-corrected chi connectivity index (χ2v) is 7.07. The molecule has 0 saturated carbocycles. The van der Waals surface area contributed by atoms with Gasteiger partial charge in [-0.25, -0.2) is 9.37 Å². The lowest BCUT2D eigenvalue weighted by molar-refractivity contribution is 0.508. The number of fused-ring (bicyclic) bond motifs is 1. The first-order valence-corrected chi connectivity index (χ1v) is 9.06. The van der Waals surface area contributed by atoms with Gasteiger partial charge in [-0.3, -0.25) is 0 Å². The Morgan fingerprint density at radius 3 is 2.62 bits per heavy atom. The number of nitrogens with two attached hydrogens (primary N) is 1. The summed E-state index contributed by atoms with van der Waals surface area (Å²) in [4.78, 5) is 9.07. The van der Waals surface area contributed by atoms with Gasteiger partial charge in [-0.1, -0.05) is 50.6 Å². The van der Waals surface area contributed by atoms with E-state index in [-0.39, 0.29) is 11.1 Å². The van der Waals surface area contributed by atoms with Crippen LogP contribution in [0.2, 0.25) is 5.02 Å². The molecule has 26 heavy (non-hydrogen) atoms. The molecule has 0 aliphatic heterocycles. The van der Waals surface area contributed by atoms with Crippen LogP contribution in [-0.4, -0.2) is 16.0 Å². The molecule has 0 bridgehead atoms. The largest absolute Gasteiger partial charge is 0.383 e. The van der Waals surface area contributed by atoms with Crippen LogP contribution >= 0.6 is 11.6 Å². The normalized spacial score (nSPS) is 12.5. The maximum atomic E-state index is 13.5. The van der Waals surface area contributed by atoms with Gasteiger partial charge in [0, 0.05) is 6.04 Å². The standard InChI is InChI=1S/C20H22ClFN4/c1-4-16(11(2)3)24-20-25-17-7-5-6-13(18(17)19(23)26-20)12-8-9-15(22)14(21)10-12/h5-11,16H,4H2,1-3H3,(H3,23,24,25,26). The average molecular weight is 373 g/mol. The van der Waals surface area contributed by atoms with Gasteiger partial charge in [-0.2, -0.15) is 4.98 Å². The van der Waals surface area contributed by atoms with Gasteiger partial charge in [0.15, 0.2) is 0 Å². The van der Waals surface area contributed by atoms with Gasteiger partial charge in [-0.15, -0.1) is 0 Å². The molecular formula is C20H22ClFN4. The predicted molar refractivity (Wildman–Crippen MR) is 107 cm³/mol. The molecule has 0 spiro atoms. The SMILES string of the molecule is CCC(Nc1nc(N)c2c(-c3ccc(F)c(Cl)c3)cccc2n1)C(C)C. The highest BCUT2D eigenvalue weighted by molar-refractivity contribution is 6.31. The lowest BCUT2D eigenvalue weighted by Gasteiger charge is -2.21. The fourth-order valence-electron chi connectivity index (χ4n) is 3.09. The van der Waals surface area contributed by atoms with Crippen LogP contribution < -0.4 is 11.1 Å². The van der Waals surface area contributed by atoms with Crippen molar-refractivity contribution in [2.24, 2.45) is 5.92 Å². The summed E-state index contributed by atoms with van der Waals surface area (Å²) in [5.41, 5.74) is 8.58. The summed E-state index contributed by atoms with van der Waals surface area (Å²) in [7, 11) is 0. The molecule has 1 aromatic heterocycles. The number of rotatable bonds is 5. The Kier molecular flexibility index (Phi) is 5.28. The first-order valence-electron chi connectivity index (χ1n) is 8.69. The summed E-state index contributed by atoms with van der Waals surface area (Å²) < 4.78 is 13.5. The van der Waals surface area contributed by atoms with E-state index in [9.17, 15) is 4.39 Å². The number of hydrogen-bond donors (Lipinski definition) is 2. The molecule has 4 nitrogen and oxygen atoms in total. The minimum atomic E-state index is -0.453. The molecule has 2 aromatic carbocycles. The van der Waals surface area contributed by atoms with E-state index >= 15 is 0 Å². The first-order chi connectivity index (χ1) is 12.4. The van der Waals surface area contributed by atoms with Crippen LogP contribution in [0.25, 0.3) is 22.0 Å². The summed E-state index contributed by atoms with van der Waals surface area (Å²) in [6.45, 7) is 6.43. The number of benzene rings is 2. The molecular weight excluding hydrogens is 351 g/mol. The number of nitrogen functional groups attached to an aromatic ring is 1. The van der Waals surface area contributed by atoms with Gasteiger partial charge in [0.05, 0.1) is 15.9 Å². The van der Waals surface area contributed by atoms with Crippen molar-refractivity contribution in [1.82, 2.24) is 9.97 Å². The fourth-order valence-corrected chi connectivity index (χ4v) is 3.27. The number of hydrogen-bond acceptors (Lipinski definition) is 4. The number of nitrogens with zero attached hydrogens (tertiary/aromatic N) is 2. The summed E-state index contributed by atoms with van der Waals surface area (Å²) in [5, 5.41) is 4.17. The Labute approximate surface area is 157 Å².